The van der Waals surface area contributed by atoms with Gasteiger partial charge in [-0.05, 0) is 44.4 Å². The number of carbonyl (C=O) groups excluding carboxylic acids is 1. The summed E-state index contributed by atoms with van der Waals surface area (Å²) in [6, 6.07) is 5.34. The predicted molar refractivity (Wildman–Crippen MR) is 79.2 cm³/mol. The molecule has 2 N–H and O–H groups in total. The van der Waals surface area contributed by atoms with Crippen molar-refractivity contribution in [2.24, 2.45) is 0 Å². The van der Waals surface area contributed by atoms with Gasteiger partial charge in [-0.3, -0.25) is 0 Å². The van der Waals surface area contributed by atoms with Crippen molar-refractivity contribution in [1.29, 1.82) is 0 Å². The second-order valence-corrected chi connectivity index (χ2v) is 5.09. The fourth-order valence-electron chi connectivity index (χ4n) is 2.04. The Morgan fingerprint density at radius 2 is 2.05 bits per heavy atom. The number of hydrogen-bond donors (Lipinski definition) is 1. The highest BCUT2D eigenvalue weighted by Crippen LogP contribution is 2.18. The fraction of sp³-hybridized carbons (Fsp3) is 0.562. The molecular weight excluding hydrogens is 238 g/mol. The minimum Gasteiger partial charge on any atom is -0.459 e. The first-order valence-corrected chi connectivity index (χ1v) is 7.12. The van der Waals surface area contributed by atoms with Gasteiger partial charge in [-0.25, -0.2) is 4.79 Å². The maximum atomic E-state index is 12.0. The summed E-state index contributed by atoms with van der Waals surface area (Å²) in [6.45, 7) is 5.98. The van der Waals surface area contributed by atoms with Gasteiger partial charge in [0.15, 0.2) is 0 Å². The molecule has 1 unspecified atom stereocenters. The van der Waals surface area contributed by atoms with Gasteiger partial charge >= 0.3 is 5.97 Å². The molecule has 3 heteroatoms. The number of nitrogen functional groups attached to an aromatic ring is 1. The molecule has 106 valence electrons. The van der Waals surface area contributed by atoms with E-state index in [0.29, 0.717) is 11.3 Å². The van der Waals surface area contributed by atoms with Crippen molar-refractivity contribution < 1.29 is 9.53 Å². The molecule has 0 spiro atoms. The molecule has 1 aromatic carbocycles. The van der Waals surface area contributed by atoms with Crippen molar-refractivity contribution in [2.45, 2.75) is 59.0 Å². The number of carbonyl (C=O) groups is 1. The molecule has 0 aromatic heterocycles. The largest absolute Gasteiger partial charge is 0.459 e. The number of ether oxygens (including phenoxy) is 1. The van der Waals surface area contributed by atoms with Crippen molar-refractivity contribution >= 4 is 11.7 Å². The molecule has 0 aliphatic rings. The SMILES string of the molecule is CCCCCCC(C)OC(=O)c1cccc(N)c1C. The number of benzene rings is 1. The van der Waals surface area contributed by atoms with Crippen LogP contribution in [-0.4, -0.2) is 12.1 Å². The molecule has 0 saturated heterocycles. The van der Waals surface area contributed by atoms with Gasteiger partial charge in [0.05, 0.1) is 11.7 Å². The van der Waals surface area contributed by atoms with Crippen molar-refractivity contribution in [3.05, 3.63) is 29.3 Å². The minimum absolute atomic E-state index is 0.0369. The molecule has 0 aliphatic heterocycles. The highest BCUT2D eigenvalue weighted by Gasteiger charge is 2.14. The average molecular weight is 263 g/mol. The van der Waals surface area contributed by atoms with Crippen LogP contribution >= 0.6 is 0 Å². The van der Waals surface area contributed by atoms with Crippen molar-refractivity contribution in [3.8, 4) is 0 Å². The van der Waals surface area contributed by atoms with E-state index in [9.17, 15) is 4.79 Å². The lowest BCUT2D eigenvalue weighted by Crippen LogP contribution is -2.16. The topological polar surface area (TPSA) is 52.3 Å². The lowest BCUT2D eigenvalue weighted by atomic mass is 10.1. The van der Waals surface area contributed by atoms with Crippen LogP contribution < -0.4 is 5.73 Å². The molecule has 0 aliphatic carbocycles. The van der Waals surface area contributed by atoms with E-state index in [0.717, 1.165) is 18.4 Å². The number of rotatable bonds is 7. The summed E-state index contributed by atoms with van der Waals surface area (Å²) in [6.07, 6.45) is 5.66. The number of esters is 1. The van der Waals surface area contributed by atoms with Crippen molar-refractivity contribution in [1.82, 2.24) is 0 Å². The summed E-state index contributed by atoms with van der Waals surface area (Å²) in [5.41, 5.74) is 7.79. The second-order valence-electron chi connectivity index (χ2n) is 5.09. The van der Waals surface area contributed by atoms with Gasteiger partial charge in [0, 0.05) is 5.69 Å². The van der Waals surface area contributed by atoms with Crippen LogP contribution in [0.5, 0.6) is 0 Å². The number of nitrogens with two attached hydrogens (primary N) is 1. The monoisotopic (exact) mass is 263 g/mol. The minimum atomic E-state index is -0.271. The Balaban J connectivity index is 2.48. The molecule has 0 radical (unpaired) electrons. The van der Waals surface area contributed by atoms with Gasteiger partial charge in [0.25, 0.3) is 0 Å². The molecular formula is C16H25NO2. The normalized spacial score (nSPS) is 12.2. The van der Waals surface area contributed by atoms with Gasteiger partial charge in [-0.1, -0.05) is 32.3 Å². The maximum Gasteiger partial charge on any atom is 0.338 e. The first-order chi connectivity index (χ1) is 9.06. The Morgan fingerprint density at radius 1 is 1.32 bits per heavy atom. The first kappa shape index (κ1) is 15.5. The van der Waals surface area contributed by atoms with E-state index in [1.165, 1.54) is 19.3 Å². The zero-order valence-corrected chi connectivity index (χ0v) is 12.2. The van der Waals surface area contributed by atoms with Crippen LogP contribution in [0.2, 0.25) is 0 Å². The number of unbranched alkanes of at least 4 members (excludes halogenated alkanes) is 3. The van der Waals surface area contributed by atoms with E-state index in [1.54, 1.807) is 18.2 Å². The average Bonchev–Trinajstić information content (AvgIpc) is 2.38. The Hall–Kier alpha value is -1.51. The third kappa shape index (κ3) is 4.93. The van der Waals surface area contributed by atoms with Gasteiger partial charge in [0.1, 0.15) is 0 Å². The zero-order valence-electron chi connectivity index (χ0n) is 12.2. The highest BCUT2D eigenvalue weighted by atomic mass is 16.5. The van der Waals surface area contributed by atoms with Gasteiger partial charge in [0.2, 0.25) is 0 Å². The van der Waals surface area contributed by atoms with Crippen molar-refractivity contribution in [2.75, 3.05) is 5.73 Å². The molecule has 0 amide bonds. The van der Waals surface area contributed by atoms with Gasteiger partial charge in [-0.15, -0.1) is 0 Å². The van der Waals surface area contributed by atoms with E-state index >= 15 is 0 Å². The standard InChI is InChI=1S/C16H25NO2/c1-4-5-6-7-9-12(2)19-16(18)14-10-8-11-15(17)13(14)3/h8,10-12H,4-7,9,17H2,1-3H3. The van der Waals surface area contributed by atoms with Gasteiger partial charge < -0.3 is 10.5 Å². The van der Waals surface area contributed by atoms with E-state index in [4.69, 9.17) is 10.5 Å². The lowest BCUT2D eigenvalue weighted by molar-refractivity contribution is 0.0318. The number of hydrogen-bond acceptors (Lipinski definition) is 3. The first-order valence-electron chi connectivity index (χ1n) is 7.12. The van der Waals surface area contributed by atoms with Crippen molar-refractivity contribution in [3.63, 3.8) is 0 Å². The summed E-state index contributed by atoms with van der Waals surface area (Å²) < 4.78 is 5.46. The zero-order chi connectivity index (χ0) is 14.3. The lowest BCUT2D eigenvalue weighted by Gasteiger charge is -2.14. The summed E-state index contributed by atoms with van der Waals surface area (Å²) in [5, 5.41) is 0. The Kier molecular flexibility index (Phi) is 6.40. The molecule has 0 saturated carbocycles. The van der Waals surface area contributed by atoms with Crippen LogP contribution in [0.15, 0.2) is 18.2 Å². The van der Waals surface area contributed by atoms with E-state index in [1.807, 2.05) is 13.8 Å². The Bertz CT molecular complexity index is 415. The third-order valence-corrected chi connectivity index (χ3v) is 3.37. The van der Waals surface area contributed by atoms with E-state index < -0.39 is 0 Å². The fourth-order valence-corrected chi connectivity index (χ4v) is 2.04. The van der Waals surface area contributed by atoms with Crippen LogP contribution in [-0.2, 0) is 4.74 Å². The van der Waals surface area contributed by atoms with Crippen LogP contribution in [0.4, 0.5) is 5.69 Å². The third-order valence-electron chi connectivity index (χ3n) is 3.37. The van der Waals surface area contributed by atoms with E-state index in [2.05, 4.69) is 6.92 Å². The van der Waals surface area contributed by atoms with Gasteiger partial charge in [-0.2, -0.15) is 0 Å². The molecule has 1 aromatic rings. The summed E-state index contributed by atoms with van der Waals surface area (Å²) >= 11 is 0. The maximum absolute atomic E-state index is 12.0. The summed E-state index contributed by atoms with van der Waals surface area (Å²) in [5.74, 6) is -0.271. The Labute approximate surface area is 116 Å². The number of anilines is 1. The second kappa shape index (κ2) is 7.82. The molecule has 1 atom stereocenters. The molecule has 19 heavy (non-hydrogen) atoms. The molecule has 1 rings (SSSR count). The summed E-state index contributed by atoms with van der Waals surface area (Å²) in [4.78, 5) is 12.0. The molecule has 0 heterocycles. The highest BCUT2D eigenvalue weighted by molar-refractivity contribution is 5.92. The molecule has 3 nitrogen and oxygen atoms in total. The quantitative estimate of drug-likeness (QED) is 0.458. The smallest absolute Gasteiger partial charge is 0.338 e. The van der Waals surface area contributed by atoms with E-state index in [-0.39, 0.29) is 12.1 Å². The Morgan fingerprint density at radius 3 is 2.74 bits per heavy atom. The molecule has 0 fully saturated rings. The van der Waals surface area contributed by atoms with Crippen LogP contribution in [0, 0.1) is 6.92 Å². The van der Waals surface area contributed by atoms with Crippen LogP contribution in [0.25, 0.3) is 0 Å². The summed E-state index contributed by atoms with van der Waals surface area (Å²) in [7, 11) is 0. The van der Waals surface area contributed by atoms with Crippen LogP contribution in [0.3, 0.4) is 0 Å². The van der Waals surface area contributed by atoms with Crippen LogP contribution in [0.1, 0.15) is 61.9 Å². The molecule has 0 bridgehead atoms. The predicted octanol–water partition coefficient (Wildman–Crippen LogP) is 4.09.